The summed E-state index contributed by atoms with van der Waals surface area (Å²) in [6.07, 6.45) is 0.467. The maximum atomic E-state index is 11.7. The van der Waals surface area contributed by atoms with Crippen LogP contribution in [0.5, 0.6) is 11.5 Å². The minimum atomic E-state index is 0.149. The molecule has 4 nitrogen and oxygen atoms in total. The summed E-state index contributed by atoms with van der Waals surface area (Å²) in [7, 11) is 0. The molecular formula is C15H21NO3. The van der Waals surface area contributed by atoms with Gasteiger partial charge in [-0.25, -0.2) is 0 Å². The Hall–Kier alpha value is -1.55. The van der Waals surface area contributed by atoms with Gasteiger partial charge in [-0.2, -0.15) is 0 Å². The fourth-order valence-corrected chi connectivity index (χ4v) is 2.16. The van der Waals surface area contributed by atoms with E-state index in [9.17, 15) is 4.79 Å². The molecule has 0 N–H and O–H groups in total. The number of hydrogen-bond acceptors (Lipinski definition) is 4. The molecule has 0 amide bonds. The third-order valence-corrected chi connectivity index (χ3v) is 3.41. The maximum absolute atomic E-state index is 11.7. The summed E-state index contributed by atoms with van der Waals surface area (Å²) in [5.41, 5.74) is 0.669. The van der Waals surface area contributed by atoms with Crippen molar-refractivity contribution in [2.45, 2.75) is 20.3 Å². The Morgan fingerprint density at radius 3 is 2.84 bits per heavy atom. The Kier molecular flexibility index (Phi) is 4.80. The molecule has 0 saturated carbocycles. The number of rotatable bonds is 6. The smallest absolute Gasteiger partial charge is 0.169 e. The summed E-state index contributed by atoms with van der Waals surface area (Å²) in [5, 5.41) is 0. The molecule has 1 heterocycles. The molecule has 0 aromatic heterocycles. The summed E-state index contributed by atoms with van der Waals surface area (Å²) in [6.45, 7) is 8.36. The number of benzene rings is 1. The van der Waals surface area contributed by atoms with Gasteiger partial charge in [0.05, 0.1) is 12.2 Å². The number of Topliss-reactive ketones (excluding diaryl/α,β-unsaturated/α-hetero) is 1. The highest BCUT2D eigenvalue weighted by atomic mass is 16.5. The molecule has 0 atom stereocenters. The molecule has 1 aliphatic heterocycles. The molecule has 0 saturated heterocycles. The number of ether oxygens (including phenoxy) is 2. The second-order valence-electron chi connectivity index (χ2n) is 4.55. The van der Waals surface area contributed by atoms with E-state index in [1.165, 1.54) is 0 Å². The van der Waals surface area contributed by atoms with Crippen LogP contribution in [0.15, 0.2) is 18.2 Å². The molecule has 1 aromatic rings. The molecule has 0 unspecified atom stereocenters. The van der Waals surface area contributed by atoms with Gasteiger partial charge in [0.1, 0.15) is 18.1 Å². The molecule has 19 heavy (non-hydrogen) atoms. The second kappa shape index (κ2) is 6.57. The first-order valence-corrected chi connectivity index (χ1v) is 6.89. The van der Waals surface area contributed by atoms with Gasteiger partial charge in [0.15, 0.2) is 5.78 Å². The average Bonchev–Trinajstić information content (AvgIpc) is 2.44. The normalized spacial score (nSPS) is 14.2. The second-order valence-corrected chi connectivity index (χ2v) is 4.55. The highest BCUT2D eigenvalue weighted by molar-refractivity contribution is 5.99. The first-order chi connectivity index (χ1) is 9.24. The molecule has 0 radical (unpaired) electrons. The molecule has 1 aromatic carbocycles. The van der Waals surface area contributed by atoms with Gasteiger partial charge in [-0.1, -0.05) is 13.8 Å². The number of likely N-dealkylation sites (N-methyl/N-ethyl adjacent to an activating group) is 1. The molecule has 4 heteroatoms. The van der Waals surface area contributed by atoms with E-state index in [2.05, 4.69) is 18.7 Å². The van der Waals surface area contributed by atoms with Crippen LogP contribution < -0.4 is 9.47 Å². The van der Waals surface area contributed by atoms with E-state index in [0.717, 1.165) is 25.4 Å². The lowest BCUT2D eigenvalue weighted by molar-refractivity contribution is 0.0933. The fraction of sp³-hybridized carbons (Fsp3) is 0.533. The van der Waals surface area contributed by atoms with Crippen molar-refractivity contribution in [3.05, 3.63) is 23.8 Å². The first-order valence-electron chi connectivity index (χ1n) is 6.89. The number of ketones is 1. The van der Waals surface area contributed by atoms with Crippen LogP contribution in [0.3, 0.4) is 0 Å². The van der Waals surface area contributed by atoms with Gasteiger partial charge in [0.25, 0.3) is 0 Å². The lowest BCUT2D eigenvalue weighted by Crippen LogP contribution is -2.27. The van der Waals surface area contributed by atoms with Gasteiger partial charge in [0, 0.05) is 19.0 Å². The Morgan fingerprint density at radius 1 is 1.32 bits per heavy atom. The van der Waals surface area contributed by atoms with Crippen LogP contribution in [0.2, 0.25) is 0 Å². The van der Waals surface area contributed by atoms with Crippen molar-refractivity contribution in [2.75, 3.05) is 32.8 Å². The van der Waals surface area contributed by atoms with Crippen LogP contribution in [-0.4, -0.2) is 43.5 Å². The number of carbonyl (C=O) groups excluding carboxylic acids is 1. The molecular weight excluding hydrogens is 242 g/mol. The average molecular weight is 263 g/mol. The van der Waals surface area contributed by atoms with Crippen LogP contribution >= 0.6 is 0 Å². The zero-order valence-corrected chi connectivity index (χ0v) is 11.6. The highest BCUT2D eigenvalue weighted by Gasteiger charge is 2.18. The van der Waals surface area contributed by atoms with E-state index >= 15 is 0 Å². The third kappa shape index (κ3) is 3.47. The number of fused-ring (bicyclic) bond motifs is 1. The quantitative estimate of drug-likeness (QED) is 0.790. The first kappa shape index (κ1) is 13.9. The zero-order chi connectivity index (χ0) is 13.7. The molecule has 2 rings (SSSR count). The van der Waals surface area contributed by atoms with Crippen molar-refractivity contribution in [1.82, 2.24) is 4.90 Å². The lowest BCUT2D eigenvalue weighted by Gasteiger charge is -2.19. The predicted molar refractivity (Wildman–Crippen MR) is 74.2 cm³/mol. The summed E-state index contributed by atoms with van der Waals surface area (Å²) >= 11 is 0. The molecule has 0 aliphatic carbocycles. The van der Waals surface area contributed by atoms with Crippen LogP contribution in [0.25, 0.3) is 0 Å². The molecule has 0 fully saturated rings. The molecule has 1 aliphatic rings. The lowest BCUT2D eigenvalue weighted by atomic mass is 10.1. The van der Waals surface area contributed by atoms with E-state index < -0.39 is 0 Å². The van der Waals surface area contributed by atoms with Crippen molar-refractivity contribution < 1.29 is 14.3 Å². The van der Waals surface area contributed by atoms with E-state index in [4.69, 9.17) is 9.47 Å². The Bertz CT molecular complexity index is 441. The van der Waals surface area contributed by atoms with Gasteiger partial charge < -0.3 is 14.4 Å². The van der Waals surface area contributed by atoms with Crippen molar-refractivity contribution >= 4 is 5.78 Å². The van der Waals surface area contributed by atoms with Crippen LogP contribution in [0.4, 0.5) is 0 Å². The summed E-state index contributed by atoms with van der Waals surface area (Å²) in [5.74, 6) is 1.56. The molecule has 0 spiro atoms. The van der Waals surface area contributed by atoms with Gasteiger partial charge in [-0.15, -0.1) is 0 Å². The topological polar surface area (TPSA) is 38.8 Å². The van der Waals surface area contributed by atoms with Crippen molar-refractivity contribution in [3.63, 3.8) is 0 Å². The van der Waals surface area contributed by atoms with E-state index in [1.54, 1.807) is 6.07 Å². The van der Waals surface area contributed by atoms with Gasteiger partial charge in [0.2, 0.25) is 0 Å². The third-order valence-electron chi connectivity index (χ3n) is 3.41. The predicted octanol–water partition coefficient (Wildman–Crippen LogP) is 2.37. The van der Waals surface area contributed by atoms with E-state index in [1.807, 2.05) is 12.1 Å². The van der Waals surface area contributed by atoms with Crippen molar-refractivity contribution in [1.29, 1.82) is 0 Å². The van der Waals surface area contributed by atoms with E-state index in [-0.39, 0.29) is 5.78 Å². The van der Waals surface area contributed by atoms with Gasteiger partial charge >= 0.3 is 0 Å². The molecule has 104 valence electrons. The monoisotopic (exact) mass is 263 g/mol. The maximum Gasteiger partial charge on any atom is 0.169 e. The standard InChI is InChI=1S/C15H21NO3/c1-3-16(4-2)8-10-18-12-5-6-13-14(17)7-9-19-15(13)11-12/h5-6,11H,3-4,7-10H2,1-2H3. The number of hydrogen-bond donors (Lipinski definition) is 0. The summed E-state index contributed by atoms with van der Waals surface area (Å²) in [6, 6.07) is 5.45. The van der Waals surface area contributed by atoms with Crippen molar-refractivity contribution in [2.24, 2.45) is 0 Å². The number of carbonyl (C=O) groups is 1. The summed E-state index contributed by atoms with van der Waals surface area (Å²) < 4.78 is 11.2. The largest absolute Gasteiger partial charge is 0.492 e. The van der Waals surface area contributed by atoms with Crippen LogP contribution in [0, 0.1) is 0 Å². The number of nitrogens with zero attached hydrogens (tertiary/aromatic N) is 1. The van der Waals surface area contributed by atoms with E-state index in [0.29, 0.717) is 30.9 Å². The zero-order valence-electron chi connectivity index (χ0n) is 11.6. The van der Waals surface area contributed by atoms with Crippen LogP contribution in [-0.2, 0) is 0 Å². The SMILES string of the molecule is CCN(CC)CCOc1ccc2c(c1)OCCC2=O. The fourth-order valence-electron chi connectivity index (χ4n) is 2.16. The Balaban J connectivity index is 1.93. The van der Waals surface area contributed by atoms with Crippen LogP contribution in [0.1, 0.15) is 30.6 Å². The van der Waals surface area contributed by atoms with Crippen molar-refractivity contribution in [3.8, 4) is 11.5 Å². The minimum Gasteiger partial charge on any atom is -0.492 e. The van der Waals surface area contributed by atoms with Gasteiger partial charge in [-0.05, 0) is 25.2 Å². The Morgan fingerprint density at radius 2 is 2.11 bits per heavy atom. The van der Waals surface area contributed by atoms with Gasteiger partial charge in [-0.3, -0.25) is 4.79 Å². The molecule has 0 bridgehead atoms. The summed E-state index contributed by atoms with van der Waals surface area (Å²) in [4.78, 5) is 14.0. The Labute approximate surface area is 114 Å². The minimum absolute atomic E-state index is 0.149. The highest BCUT2D eigenvalue weighted by Crippen LogP contribution is 2.28.